The zero-order valence-electron chi connectivity index (χ0n) is 19.0. The van der Waals surface area contributed by atoms with E-state index in [2.05, 4.69) is 13.2 Å². The quantitative estimate of drug-likeness (QED) is 0.463. The number of rotatable bonds is 6. The van der Waals surface area contributed by atoms with Gasteiger partial charge in [0, 0.05) is 18.5 Å². The number of nitrogens with zero attached hydrogens (tertiary/aromatic N) is 1. The molecule has 2 aliphatic heterocycles. The lowest BCUT2D eigenvalue weighted by atomic mass is 9.49. The molecule has 1 aromatic carbocycles. The Hall–Kier alpha value is -3.49. The van der Waals surface area contributed by atoms with Crippen LogP contribution in [0.25, 0.3) is 0 Å². The van der Waals surface area contributed by atoms with Crippen LogP contribution in [-0.4, -0.2) is 67.5 Å². The Bertz CT molecular complexity index is 1080. The molecule has 0 radical (unpaired) electrons. The maximum Gasteiger partial charge on any atom is 0.509 e. The van der Waals surface area contributed by atoms with Crippen LogP contribution < -0.4 is 9.47 Å². The number of ether oxygens (including phenoxy) is 5. The Morgan fingerprint density at radius 1 is 1.21 bits per heavy atom. The molecule has 180 valence electrons. The van der Waals surface area contributed by atoms with Crippen LogP contribution in [0.3, 0.4) is 0 Å². The van der Waals surface area contributed by atoms with E-state index < -0.39 is 35.4 Å². The van der Waals surface area contributed by atoms with E-state index in [0.717, 1.165) is 11.1 Å². The number of hydrogen-bond acceptors (Lipinski definition) is 8. The minimum absolute atomic E-state index is 0.0216. The van der Waals surface area contributed by atoms with Crippen molar-refractivity contribution in [1.29, 1.82) is 0 Å². The number of amides is 1. The lowest BCUT2D eigenvalue weighted by Gasteiger charge is -2.62. The summed E-state index contributed by atoms with van der Waals surface area (Å²) in [7, 11) is 1.54. The number of carbonyl (C=O) groups excluding carboxylic acids is 3. The van der Waals surface area contributed by atoms with Crippen molar-refractivity contribution in [2.45, 2.75) is 48.8 Å². The van der Waals surface area contributed by atoms with Crippen molar-refractivity contribution in [2.75, 3.05) is 26.9 Å². The summed E-state index contributed by atoms with van der Waals surface area (Å²) in [6.07, 6.45) is 1.82. The summed E-state index contributed by atoms with van der Waals surface area (Å²) in [5.74, 6) is 0.963. The molecular formula is C25H27NO8. The molecule has 2 heterocycles. The van der Waals surface area contributed by atoms with Gasteiger partial charge in [-0.05, 0) is 30.9 Å². The summed E-state index contributed by atoms with van der Waals surface area (Å²) in [5.41, 5.74) is -0.443. The lowest BCUT2D eigenvalue weighted by molar-refractivity contribution is -0.191. The third-order valence-corrected chi connectivity index (χ3v) is 7.57. The summed E-state index contributed by atoms with van der Waals surface area (Å²) < 4.78 is 28.6. The fraction of sp³-hybridized carbons (Fsp3) is 0.480. The number of ketones is 1. The second-order valence-electron chi connectivity index (χ2n) is 8.94. The summed E-state index contributed by atoms with van der Waals surface area (Å²) in [6, 6.07) is 3.16. The highest BCUT2D eigenvalue weighted by atomic mass is 16.7. The molecule has 5 rings (SSSR count). The van der Waals surface area contributed by atoms with Crippen LogP contribution >= 0.6 is 0 Å². The van der Waals surface area contributed by atoms with Gasteiger partial charge in [-0.1, -0.05) is 31.4 Å². The van der Waals surface area contributed by atoms with E-state index in [9.17, 15) is 14.4 Å². The summed E-state index contributed by atoms with van der Waals surface area (Å²) >= 11 is 0. The first-order chi connectivity index (χ1) is 16.4. The van der Waals surface area contributed by atoms with Crippen molar-refractivity contribution < 1.29 is 38.1 Å². The highest BCUT2D eigenvalue weighted by molar-refractivity contribution is 5.90. The zero-order valence-corrected chi connectivity index (χ0v) is 19.0. The van der Waals surface area contributed by atoms with E-state index in [1.54, 1.807) is 18.1 Å². The van der Waals surface area contributed by atoms with Crippen molar-refractivity contribution in [2.24, 2.45) is 0 Å². The Morgan fingerprint density at radius 2 is 1.97 bits per heavy atom. The molecule has 4 aliphatic rings. The molecule has 1 saturated heterocycles. The van der Waals surface area contributed by atoms with E-state index >= 15 is 0 Å². The first kappa shape index (κ1) is 22.3. The van der Waals surface area contributed by atoms with Crippen LogP contribution in [0.1, 0.15) is 30.4 Å². The maximum atomic E-state index is 13.2. The zero-order chi connectivity index (χ0) is 24.1. The molecule has 2 fully saturated rings. The molecule has 9 heteroatoms. The standard InChI is InChI=1S/C25H27NO8/c1-4-12-31-22(28)26-11-10-24-19-15-6-7-17(30-3)20(19)33-21(24)16(27)8-9-25(24,18(26)14-15)34-23(29)32-13-5-2/h4-7,18,21H,1-2,8-14H2,3H3/t18-,21+,24+,25-/m1/s1. The van der Waals surface area contributed by atoms with Crippen molar-refractivity contribution in [3.63, 3.8) is 0 Å². The van der Waals surface area contributed by atoms with Gasteiger partial charge < -0.3 is 28.6 Å². The SMILES string of the molecule is C=CCOC(=O)O[C@@]12CCC(=O)[C@@H]3Oc4c(OC)ccc5c4[C@@]31CCN(C(=O)OCC=C)[C@@H]2C5. The first-order valence-electron chi connectivity index (χ1n) is 11.3. The molecule has 1 saturated carbocycles. The molecule has 0 aromatic heterocycles. The summed E-state index contributed by atoms with van der Waals surface area (Å²) in [6.45, 7) is 7.53. The van der Waals surface area contributed by atoms with Gasteiger partial charge in [0.25, 0.3) is 0 Å². The number of benzene rings is 1. The molecule has 34 heavy (non-hydrogen) atoms. The molecule has 9 nitrogen and oxygen atoms in total. The highest BCUT2D eigenvalue weighted by Crippen LogP contribution is 2.66. The average molecular weight is 469 g/mol. The molecule has 2 bridgehead atoms. The highest BCUT2D eigenvalue weighted by Gasteiger charge is 2.76. The minimum Gasteiger partial charge on any atom is -0.493 e. The smallest absolute Gasteiger partial charge is 0.493 e. The van der Waals surface area contributed by atoms with E-state index in [-0.39, 0.29) is 31.8 Å². The fourth-order valence-corrected chi connectivity index (χ4v) is 6.39. The predicted molar refractivity (Wildman–Crippen MR) is 119 cm³/mol. The van der Waals surface area contributed by atoms with Gasteiger partial charge in [0.15, 0.2) is 29.0 Å². The molecule has 1 aromatic rings. The van der Waals surface area contributed by atoms with Crippen molar-refractivity contribution in [3.8, 4) is 11.5 Å². The van der Waals surface area contributed by atoms with E-state index in [4.69, 9.17) is 23.7 Å². The van der Waals surface area contributed by atoms with Crippen LogP contribution in [0.5, 0.6) is 11.5 Å². The third-order valence-electron chi connectivity index (χ3n) is 7.57. The van der Waals surface area contributed by atoms with E-state index in [1.165, 1.54) is 12.2 Å². The van der Waals surface area contributed by atoms with Gasteiger partial charge >= 0.3 is 12.2 Å². The normalized spacial score (nSPS) is 29.9. The first-order valence-corrected chi connectivity index (χ1v) is 11.3. The average Bonchev–Trinajstić information content (AvgIpc) is 3.18. The molecule has 1 amide bonds. The second-order valence-corrected chi connectivity index (χ2v) is 8.94. The number of hydrogen-bond donors (Lipinski definition) is 0. The van der Waals surface area contributed by atoms with Gasteiger partial charge in [0.2, 0.25) is 0 Å². The van der Waals surface area contributed by atoms with Crippen LogP contribution in [0.4, 0.5) is 9.59 Å². The Morgan fingerprint density at radius 3 is 2.71 bits per heavy atom. The van der Waals surface area contributed by atoms with Crippen molar-refractivity contribution >= 4 is 18.0 Å². The Balaban J connectivity index is 1.69. The van der Waals surface area contributed by atoms with Crippen LogP contribution in [0.2, 0.25) is 0 Å². The Labute approximate surface area is 197 Å². The maximum absolute atomic E-state index is 13.2. The predicted octanol–water partition coefficient (Wildman–Crippen LogP) is 3.09. The van der Waals surface area contributed by atoms with Crippen LogP contribution in [0, 0.1) is 0 Å². The molecule has 2 aliphatic carbocycles. The van der Waals surface area contributed by atoms with Gasteiger partial charge in [-0.2, -0.15) is 0 Å². The fourth-order valence-electron chi connectivity index (χ4n) is 6.39. The second kappa shape index (κ2) is 8.07. The molecule has 1 spiro atoms. The van der Waals surface area contributed by atoms with Gasteiger partial charge in [-0.25, -0.2) is 9.59 Å². The monoisotopic (exact) mass is 469 g/mol. The van der Waals surface area contributed by atoms with Crippen molar-refractivity contribution in [3.05, 3.63) is 48.6 Å². The Kier molecular flexibility index (Phi) is 5.30. The van der Waals surface area contributed by atoms with Crippen LogP contribution in [-0.2, 0) is 30.8 Å². The number of carbonyl (C=O) groups is 3. The van der Waals surface area contributed by atoms with Crippen molar-refractivity contribution in [1.82, 2.24) is 4.90 Å². The molecule has 0 unspecified atom stereocenters. The lowest BCUT2D eigenvalue weighted by Crippen LogP contribution is -2.78. The number of Topliss-reactive ketones (excluding diaryl/α,β-unsaturated/α-hetero) is 1. The topological polar surface area (TPSA) is 101 Å². The molecule has 4 atom stereocenters. The minimum atomic E-state index is -1.24. The molecule has 0 N–H and O–H groups in total. The summed E-state index contributed by atoms with van der Waals surface area (Å²) in [5, 5.41) is 0. The summed E-state index contributed by atoms with van der Waals surface area (Å²) in [4.78, 5) is 40.7. The number of piperidine rings is 1. The number of likely N-dealkylation sites (tertiary alicyclic amines) is 1. The molecular weight excluding hydrogens is 442 g/mol. The largest absolute Gasteiger partial charge is 0.509 e. The van der Waals surface area contributed by atoms with Gasteiger partial charge in [-0.15, -0.1) is 0 Å². The van der Waals surface area contributed by atoms with E-state index in [0.29, 0.717) is 30.9 Å². The number of methoxy groups -OCH3 is 1. The van der Waals surface area contributed by atoms with E-state index in [1.807, 2.05) is 6.07 Å². The van der Waals surface area contributed by atoms with Gasteiger partial charge in [0.05, 0.1) is 18.6 Å². The van der Waals surface area contributed by atoms with Gasteiger partial charge in [-0.3, -0.25) is 4.79 Å². The van der Waals surface area contributed by atoms with Crippen LogP contribution in [0.15, 0.2) is 37.4 Å². The van der Waals surface area contributed by atoms with Gasteiger partial charge in [0.1, 0.15) is 13.2 Å². The third kappa shape index (κ3) is 2.82.